The fourth-order valence-corrected chi connectivity index (χ4v) is 0. The van der Waals surface area contributed by atoms with E-state index in [1.54, 1.807) is 0 Å². The third-order valence-corrected chi connectivity index (χ3v) is 0.348. The van der Waals surface area contributed by atoms with Crippen LogP contribution in [0.15, 0.2) is 12.2 Å². The number of carbonyl (C=O) groups is 1. The first-order chi connectivity index (χ1) is 3.18. The predicted octanol–water partition coefficient (Wildman–Crippen LogP) is 0.647. The molecule has 6 heavy (non-hydrogen) atoms. The van der Waals surface area contributed by atoms with Gasteiger partial charge in [0.2, 0.25) is 0 Å². The Hall–Kier alpha value is -0.790. The van der Waals surface area contributed by atoms with Crippen molar-refractivity contribution in [1.29, 1.82) is 1.43 Å². The van der Waals surface area contributed by atoms with Crippen LogP contribution in [0.1, 0.15) is 6.92 Å². The summed E-state index contributed by atoms with van der Waals surface area (Å²) in [7, 11) is 0. The van der Waals surface area contributed by atoms with Gasteiger partial charge in [0.1, 0.15) is 0 Å². The Kier molecular flexibility index (Phi) is 0.906. The molecule has 0 rings (SSSR count). The fourth-order valence-electron chi connectivity index (χ4n) is 0. The van der Waals surface area contributed by atoms with Crippen LogP contribution in [-0.2, 0) is 4.79 Å². The molecule has 0 aliphatic carbocycles. The maximum Gasteiger partial charge on any atom is 0.330 e. The zero-order valence-corrected chi connectivity index (χ0v) is 3.52. The number of aliphatic carboxylic acids is 1. The van der Waals surface area contributed by atoms with Crippen molar-refractivity contribution in [2.45, 2.75) is 6.92 Å². The van der Waals surface area contributed by atoms with Crippen LogP contribution in [0, 0.1) is 0 Å². The molecule has 0 bridgehead atoms. The fraction of sp³-hybridized carbons (Fsp3) is 0.250. The standard InChI is InChI=1S/C4H6O2/c1-3(2)4(5)6/h1H2,2H3,(H,5,6)/i/hT. The summed E-state index contributed by atoms with van der Waals surface area (Å²) in [6.45, 7) is 4.71. The second-order valence-corrected chi connectivity index (χ2v) is 1.07. The van der Waals surface area contributed by atoms with Gasteiger partial charge in [-0.1, -0.05) is 6.58 Å². The first-order valence-corrected chi connectivity index (χ1v) is 1.51. The van der Waals surface area contributed by atoms with Crippen LogP contribution in [0.5, 0.6) is 0 Å². The van der Waals surface area contributed by atoms with Gasteiger partial charge in [-0.2, -0.15) is 0 Å². The Morgan fingerprint density at radius 1 is 2.17 bits per heavy atom. The normalized spacial score (nSPS) is 9.17. The molecule has 0 aliphatic rings. The van der Waals surface area contributed by atoms with Gasteiger partial charge in [0.15, 0.2) is 0 Å². The molecular formula is C4H6O2. The second kappa shape index (κ2) is 1.60. The SMILES string of the molecule is [3H]OC(=O)C(=C)C. The molecule has 0 saturated carbocycles. The van der Waals surface area contributed by atoms with Crippen molar-refractivity contribution in [1.82, 2.24) is 0 Å². The third-order valence-electron chi connectivity index (χ3n) is 0.348. The molecule has 0 fully saturated rings. The van der Waals surface area contributed by atoms with E-state index in [4.69, 9.17) is 1.43 Å². The molecule has 2 nitrogen and oxygen atoms in total. The average molecular weight is 88.1 g/mol. The Labute approximate surface area is 37.6 Å². The molecule has 0 heterocycles. The third kappa shape index (κ3) is 1.52. The van der Waals surface area contributed by atoms with E-state index in [2.05, 4.69) is 11.7 Å². The maximum absolute atomic E-state index is 10.0. The van der Waals surface area contributed by atoms with Crippen LogP contribution in [0.3, 0.4) is 0 Å². The Morgan fingerprint density at radius 3 is 2.67 bits per heavy atom. The molecule has 0 unspecified atom stereocenters. The second-order valence-electron chi connectivity index (χ2n) is 1.07. The number of hydrogen-bond acceptors (Lipinski definition) is 2. The minimum Gasteiger partial charge on any atom is -0.478 e. The van der Waals surface area contributed by atoms with Crippen LogP contribution >= 0.6 is 0 Å². The van der Waals surface area contributed by atoms with E-state index in [0.717, 1.165) is 0 Å². The van der Waals surface area contributed by atoms with Crippen LogP contribution in [0.4, 0.5) is 0 Å². The van der Waals surface area contributed by atoms with E-state index in [1.165, 1.54) is 6.92 Å². The summed E-state index contributed by atoms with van der Waals surface area (Å²) in [4.78, 5) is 10.0. The molecule has 0 spiro atoms. The molecule has 0 aromatic carbocycles. The average Bonchev–Trinajstić information content (AvgIpc) is 1.65. The van der Waals surface area contributed by atoms with Gasteiger partial charge in [-0.05, 0) is 6.92 Å². The summed E-state index contributed by atoms with van der Waals surface area (Å²) in [6, 6.07) is 0. The van der Waals surface area contributed by atoms with E-state index in [9.17, 15) is 4.79 Å². The quantitative estimate of drug-likeness (QED) is 0.478. The molecule has 0 amide bonds. The van der Waals surface area contributed by atoms with Crippen molar-refractivity contribution < 1.29 is 9.90 Å². The first kappa shape index (κ1) is 3.40. The molecule has 0 aromatic heterocycles. The monoisotopic (exact) mass is 88.0 g/mol. The highest BCUT2D eigenvalue weighted by atomic mass is 16.4. The summed E-state index contributed by atoms with van der Waals surface area (Å²) in [5.41, 5.74) is 0.245. The van der Waals surface area contributed by atoms with Gasteiger partial charge in [0.25, 0.3) is 1.43 Å². The Morgan fingerprint density at radius 2 is 2.67 bits per heavy atom. The molecule has 2 heteroatoms. The lowest BCUT2D eigenvalue weighted by Gasteiger charge is -1.79. The van der Waals surface area contributed by atoms with E-state index < -0.39 is 5.97 Å². The lowest BCUT2D eigenvalue weighted by atomic mass is 10.4. The number of carboxylic acid groups (broad SMARTS) is 1. The summed E-state index contributed by atoms with van der Waals surface area (Å²) >= 11 is 0. The topological polar surface area (TPSA) is 37.3 Å². The van der Waals surface area contributed by atoms with Crippen LogP contribution in [0.25, 0.3) is 1.43 Å². The predicted molar refractivity (Wildman–Crippen MR) is 22.4 cm³/mol. The Bertz CT molecular complexity index is 97.9. The van der Waals surface area contributed by atoms with Gasteiger partial charge < -0.3 is 5.11 Å². The van der Waals surface area contributed by atoms with Crippen molar-refractivity contribution in [3.8, 4) is 0 Å². The number of hydrogen-bond donors (Lipinski definition) is 1. The minimum atomic E-state index is -0.681. The largest absolute Gasteiger partial charge is 0.478 e. The minimum absolute atomic E-state index is 0.245. The van der Waals surface area contributed by atoms with E-state index in [-0.39, 0.29) is 5.57 Å². The van der Waals surface area contributed by atoms with Crippen LogP contribution < -0.4 is 0 Å². The van der Waals surface area contributed by atoms with Crippen LogP contribution in [0.2, 0.25) is 0 Å². The van der Waals surface area contributed by atoms with Gasteiger partial charge in [0.05, 0.1) is 0 Å². The molecule has 0 radical (unpaired) electrons. The molecule has 0 atom stereocenters. The lowest BCUT2D eigenvalue weighted by Crippen LogP contribution is -1.92. The van der Waals surface area contributed by atoms with Gasteiger partial charge >= 0.3 is 5.97 Å². The molecule has 0 saturated heterocycles. The van der Waals surface area contributed by atoms with Gasteiger partial charge in [-0.25, -0.2) is 4.79 Å². The van der Waals surface area contributed by atoms with Gasteiger partial charge in [0, 0.05) is 5.57 Å². The van der Waals surface area contributed by atoms with Crippen LogP contribution in [-0.4, -0.2) is 11.1 Å². The Balaban J connectivity index is 3.58. The molecule has 0 aromatic rings. The van der Waals surface area contributed by atoms with Crippen molar-refractivity contribution in [2.24, 2.45) is 0 Å². The summed E-state index contributed by atoms with van der Waals surface area (Å²) in [5.74, 6) is -0.681. The zero-order valence-electron chi connectivity index (χ0n) is 4.52. The van der Waals surface area contributed by atoms with Crippen molar-refractivity contribution >= 4 is 5.97 Å². The van der Waals surface area contributed by atoms with Crippen molar-refractivity contribution in [2.75, 3.05) is 0 Å². The highest BCUT2D eigenvalue weighted by Crippen LogP contribution is 1.81. The van der Waals surface area contributed by atoms with Gasteiger partial charge in [-0.15, -0.1) is 0 Å². The highest BCUT2D eigenvalue weighted by Gasteiger charge is 1.90. The first-order valence-electron chi connectivity index (χ1n) is 1.92. The maximum atomic E-state index is 10.0. The lowest BCUT2D eigenvalue weighted by molar-refractivity contribution is -0.132. The molecule has 34 valence electrons. The number of rotatable bonds is 1. The summed E-state index contributed by atoms with van der Waals surface area (Å²) in [6.07, 6.45) is 0. The highest BCUT2D eigenvalue weighted by molar-refractivity contribution is 5.84. The smallest absolute Gasteiger partial charge is 0.330 e. The van der Waals surface area contributed by atoms with E-state index >= 15 is 0 Å². The molecule has 0 aliphatic heterocycles. The van der Waals surface area contributed by atoms with E-state index in [1.807, 2.05) is 0 Å². The number of carboxylic acids is 1. The van der Waals surface area contributed by atoms with E-state index in [0.29, 0.717) is 0 Å². The van der Waals surface area contributed by atoms with Crippen molar-refractivity contribution in [3.05, 3.63) is 12.2 Å². The summed E-state index contributed by atoms with van der Waals surface area (Å²) in [5, 5.41) is 3.52. The van der Waals surface area contributed by atoms with Gasteiger partial charge in [-0.3, -0.25) is 0 Å². The molecular weight excluding hydrogens is 80.0 g/mol. The van der Waals surface area contributed by atoms with Crippen molar-refractivity contribution in [3.63, 3.8) is 0 Å². The molecule has 1 N–H and O–H groups in total. The zero-order chi connectivity index (χ0) is 5.86. The summed E-state index contributed by atoms with van der Waals surface area (Å²) < 4.78 is 6.03.